The van der Waals surface area contributed by atoms with Crippen LogP contribution in [-0.4, -0.2) is 41.8 Å². The van der Waals surface area contributed by atoms with Crippen LogP contribution in [0.3, 0.4) is 0 Å². The maximum absolute atomic E-state index is 9.89. The quantitative estimate of drug-likeness (QED) is 0.863. The maximum Gasteiger partial charge on any atom is 0.0653 e. The number of nitrogens with one attached hydrogen (secondary N) is 1. The molecule has 1 unspecified atom stereocenters. The van der Waals surface area contributed by atoms with Crippen molar-refractivity contribution in [2.24, 2.45) is 0 Å². The van der Waals surface area contributed by atoms with Crippen LogP contribution in [0, 0.1) is 0 Å². The molecule has 110 valence electrons. The van der Waals surface area contributed by atoms with E-state index in [1.54, 1.807) is 0 Å². The molecule has 3 rings (SSSR count). The predicted molar refractivity (Wildman–Crippen MR) is 81.8 cm³/mol. The van der Waals surface area contributed by atoms with Crippen molar-refractivity contribution in [3.63, 3.8) is 0 Å². The van der Waals surface area contributed by atoms with Crippen LogP contribution in [0.4, 0.5) is 0 Å². The van der Waals surface area contributed by atoms with Crippen molar-refractivity contribution in [3.8, 4) is 0 Å². The van der Waals surface area contributed by atoms with Gasteiger partial charge < -0.3 is 10.4 Å². The van der Waals surface area contributed by atoms with Crippen molar-refractivity contribution in [1.29, 1.82) is 0 Å². The van der Waals surface area contributed by atoms with E-state index in [2.05, 4.69) is 41.4 Å². The van der Waals surface area contributed by atoms with Crippen molar-refractivity contribution < 1.29 is 5.11 Å². The molecule has 20 heavy (non-hydrogen) atoms. The molecule has 1 heterocycles. The number of rotatable bonds is 5. The average molecular weight is 274 g/mol. The molecule has 0 radical (unpaired) electrons. The van der Waals surface area contributed by atoms with E-state index in [0.717, 1.165) is 51.9 Å². The first-order chi connectivity index (χ1) is 9.66. The van der Waals surface area contributed by atoms with Crippen molar-refractivity contribution in [2.45, 2.75) is 44.2 Å². The number of aliphatic hydroxyl groups is 1. The third-order valence-electron chi connectivity index (χ3n) is 4.87. The zero-order valence-corrected chi connectivity index (χ0v) is 12.4. The molecule has 1 atom stereocenters. The number of aryl methyl sites for hydroxylation is 1. The smallest absolute Gasteiger partial charge is 0.0653 e. The van der Waals surface area contributed by atoms with Crippen molar-refractivity contribution in [2.75, 3.05) is 26.2 Å². The van der Waals surface area contributed by atoms with Crippen LogP contribution >= 0.6 is 0 Å². The second-order valence-corrected chi connectivity index (χ2v) is 6.43. The largest absolute Gasteiger partial charge is 0.390 e. The van der Waals surface area contributed by atoms with Gasteiger partial charge in [-0.3, -0.25) is 4.90 Å². The van der Waals surface area contributed by atoms with Crippen molar-refractivity contribution in [1.82, 2.24) is 10.2 Å². The highest BCUT2D eigenvalue weighted by Gasteiger charge is 2.39. The van der Waals surface area contributed by atoms with Crippen LogP contribution in [-0.2, 0) is 6.42 Å². The van der Waals surface area contributed by atoms with Gasteiger partial charge in [0.25, 0.3) is 0 Å². The number of nitrogens with zero attached hydrogens (tertiary/aromatic N) is 1. The van der Waals surface area contributed by atoms with Crippen LogP contribution in [0.5, 0.6) is 0 Å². The summed E-state index contributed by atoms with van der Waals surface area (Å²) in [7, 11) is 0. The minimum absolute atomic E-state index is 0.327. The van der Waals surface area contributed by atoms with Gasteiger partial charge in [-0.05, 0) is 43.7 Å². The first-order valence-electron chi connectivity index (χ1n) is 7.92. The third-order valence-corrected chi connectivity index (χ3v) is 4.87. The molecule has 1 aliphatic heterocycles. The zero-order valence-electron chi connectivity index (χ0n) is 12.4. The lowest BCUT2D eigenvalue weighted by Crippen LogP contribution is -2.44. The van der Waals surface area contributed by atoms with Crippen LogP contribution in [0.1, 0.15) is 43.4 Å². The molecule has 1 aromatic rings. The maximum atomic E-state index is 9.89. The molecular formula is C17H26N2O. The van der Waals surface area contributed by atoms with Crippen LogP contribution in [0.15, 0.2) is 24.3 Å². The molecule has 0 spiro atoms. The summed E-state index contributed by atoms with van der Waals surface area (Å²) in [6.45, 7) is 6.77. The van der Waals surface area contributed by atoms with E-state index in [-0.39, 0.29) is 5.60 Å². The minimum Gasteiger partial charge on any atom is -0.390 e. The molecular weight excluding hydrogens is 248 g/mol. The first kappa shape index (κ1) is 14.1. The fourth-order valence-electron chi connectivity index (χ4n) is 3.01. The summed E-state index contributed by atoms with van der Waals surface area (Å²) in [5.74, 6) is 0. The Morgan fingerprint density at radius 1 is 1.20 bits per heavy atom. The second-order valence-electron chi connectivity index (χ2n) is 6.43. The highest BCUT2D eigenvalue weighted by atomic mass is 16.3. The highest BCUT2D eigenvalue weighted by molar-refractivity contribution is 5.25. The topological polar surface area (TPSA) is 35.5 Å². The van der Waals surface area contributed by atoms with Gasteiger partial charge in [0, 0.05) is 32.2 Å². The molecule has 3 nitrogen and oxygen atoms in total. The van der Waals surface area contributed by atoms with Gasteiger partial charge in [0.2, 0.25) is 0 Å². The molecule has 1 saturated carbocycles. The van der Waals surface area contributed by atoms with E-state index >= 15 is 0 Å². The summed E-state index contributed by atoms with van der Waals surface area (Å²) in [5, 5.41) is 13.3. The summed E-state index contributed by atoms with van der Waals surface area (Å²) in [5.41, 5.74) is 2.43. The molecule has 3 heteroatoms. The molecule has 1 saturated heterocycles. The molecule has 0 bridgehead atoms. The van der Waals surface area contributed by atoms with Crippen LogP contribution in [0.2, 0.25) is 0 Å². The van der Waals surface area contributed by atoms with E-state index < -0.39 is 0 Å². The average Bonchev–Trinajstić information content (AvgIpc) is 3.24. The Morgan fingerprint density at radius 3 is 2.45 bits per heavy atom. The summed E-state index contributed by atoms with van der Waals surface area (Å²) in [6.07, 6.45) is 3.90. The van der Waals surface area contributed by atoms with Gasteiger partial charge in [0.05, 0.1) is 5.60 Å². The van der Waals surface area contributed by atoms with Gasteiger partial charge in [-0.2, -0.15) is 0 Å². The molecule has 2 fully saturated rings. The van der Waals surface area contributed by atoms with Crippen molar-refractivity contribution >= 4 is 0 Å². The zero-order chi connectivity index (χ0) is 14.0. The summed E-state index contributed by atoms with van der Waals surface area (Å²) in [4.78, 5) is 2.54. The molecule has 1 aromatic carbocycles. The monoisotopic (exact) mass is 274 g/mol. The highest BCUT2D eigenvalue weighted by Crippen LogP contribution is 2.39. The van der Waals surface area contributed by atoms with Gasteiger partial charge in [-0.15, -0.1) is 0 Å². The SMILES string of the molecule is CC(c1ccc(CCC2(O)CC2)cc1)N1CCNCC1. The van der Waals surface area contributed by atoms with Crippen LogP contribution < -0.4 is 5.32 Å². The Balaban J connectivity index is 1.57. The normalized spacial score (nSPS) is 23.5. The first-order valence-corrected chi connectivity index (χ1v) is 7.92. The lowest BCUT2D eigenvalue weighted by Gasteiger charge is -2.33. The van der Waals surface area contributed by atoms with E-state index in [9.17, 15) is 5.11 Å². The lowest BCUT2D eigenvalue weighted by atomic mass is 10.0. The second kappa shape index (κ2) is 5.84. The Morgan fingerprint density at radius 2 is 1.85 bits per heavy atom. The Labute approximate surface area is 122 Å². The molecule has 0 aromatic heterocycles. The van der Waals surface area contributed by atoms with E-state index in [4.69, 9.17) is 0 Å². The molecule has 0 amide bonds. The minimum atomic E-state index is -0.327. The number of hydrogen-bond acceptors (Lipinski definition) is 3. The van der Waals surface area contributed by atoms with Crippen molar-refractivity contribution in [3.05, 3.63) is 35.4 Å². The Kier molecular flexibility index (Phi) is 4.11. The molecule has 1 aliphatic carbocycles. The number of hydrogen-bond donors (Lipinski definition) is 2. The Hall–Kier alpha value is -0.900. The summed E-state index contributed by atoms with van der Waals surface area (Å²) >= 11 is 0. The van der Waals surface area contributed by atoms with E-state index in [1.807, 2.05) is 0 Å². The van der Waals surface area contributed by atoms with Gasteiger partial charge in [0.1, 0.15) is 0 Å². The predicted octanol–water partition coefficient (Wildman–Crippen LogP) is 2.11. The standard InChI is InChI=1S/C17H26N2O/c1-14(19-12-10-18-11-13-19)16-4-2-15(3-5-16)6-7-17(20)8-9-17/h2-5,14,18,20H,6-13H2,1H3. The summed E-state index contributed by atoms with van der Waals surface area (Å²) in [6, 6.07) is 9.50. The number of benzene rings is 1. The van der Waals surface area contributed by atoms with Gasteiger partial charge in [-0.1, -0.05) is 24.3 Å². The fourth-order valence-corrected chi connectivity index (χ4v) is 3.01. The lowest BCUT2D eigenvalue weighted by molar-refractivity contribution is 0.140. The van der Waals surface area contributed by atoms with Gasteiger partial charge in [0.15, 0.2) is 0 Å². The van der Waals surface area contributed by atoms with Crippen LogP contribution in [0.25, 0.3) is 0 Å². The fraction of sp³-hybridized carbons (Fsp3) is 0.647. The third kappa shape index (κ3) is 3.40. The van der Waals surface area contributed by atoms with Gasteiger partial charge >= 0.3 is 0 Å². The molecule has 2 N–H and O–H groups in total. The van der Waals surface area contributed by atoms with Gasteiger partial charge in [-0.25, -0.2) is 0 Å². The molecule has 2 aliphatic rings. The summed E-state index contributed by atoms with van der Waals surface area (Å²) < 4.78 is 0. The van der Waals surface area contributed by atoms with E-state index in [0.29, 0.717) is 6.04 Å². The van der Waals surface area contributed by atoms with E-state index in [1.165, 1.54) is 11.1 Å². The number of piperazine rings is 1. The Bertz CT molecular complexity index is 433.